The molecule has 0 bridgehead atoms. The first-order chi connectivity index (χ1) is 22.0. The van der Waals surface area contributed by atoms with Crippen LogP contribution in [0.1, 0.15) is 56.1 Å². The van der Waals surface area contributed by atoms with Crippen molar-refractivity contribution in [1.82, 2.24) is 10.2 Å². The molecule has 0 unspecified atom stereocenters. The highest BCUT2D eigenvalue weighted by Gasteiger charge is 2.33. The summed E-state index contributed by atoms with van der Waals surface area (Å²) in [5.41, 5.74) is 1.79. The van der Waals surface area contributed by atoms with E-state index in [2.05, 4.69) is 5.32 Å². The van der Waals surface area contributed by atoms with Gasteiger partial charge in [0.05, 0.1) is 24.1 Å². The maximum Gasteiger partial charge on any atom is 0.243 e. The van der Waals surface area contributed by atoms with Crippen LogP contribution in [-0.4, -0.2) is 57.1 Å². The average molecular weight is 709 g/mol. The van der Waals surface area contributed by atoms with E-state index in [0.29, 0.717) is 27.0 Å². The summed E-state index contributed by atoms with van der Waals surface area (Å²) in [6.45, 7) is 0.0301. The number of sulfonamides is 1. The van der Waals surface area contributed by atoms with Crippen molar-refractivity contribution in [2.24, 2.45) is 0 Å². The molecule has 1 aliphatic rings. The molecule has 1 aliphatic carbocycles. The SMILES string of the molecule is COc1ccc(N(CCCC(=O)N(Cc2c(Cl)cccc2Cl)[C@@H](Cc2ccccc2)C(=O)NC2CCCCC2)S(C)(=O)=O)cc1Cl. The predicted molar refractivity (Wildman–Crippen MR) is 185 cm³/mol. The van der Waals surface area contributed by atoms with Gasteiger partial charge in [-0.1, -0.05) is 90.5 Å². The van der Waals surface area contributed by atoms with E-state index in [-0.39, 0.29) is 55.2 Å². The quantitative estimate of drug-likeness (QED) is 0.190. The number of anilines is 1. The second kappa shape index (κ2) is 16.7. The third-order valence-corrected chi connectivity index (χ3v) is 10.4. The molecule has 2 amide bonds. The van der Waals surface area contributed by atoms with Gasteiger partial charge in [-0.3, -0.25) is 13.9 Å². The predicted octanol–water partition coefficient (Wildman–Crippen LogP) is 7.29. The van der Waals surface area contributed by atoms with Crippen molar-refractivity contribution in [1.29, 1.82) is 0 Å². The fraction of sp³-hybridized carbons (Fsp3) is 0.412. The fourth-order valence-corrected chi connectivity index (χ4v) is 7.49. The van der Waals surface area contributed by atoms with Crippen LogP contribution in [0.3, 0.4) is 0 Å². The van der Waals surface area contributed by atoms with Crippen molar-refractivity contribution in [3.8, 4) is 5.75 Å². The fourth-order valence-electron chi connectivity index (χ4n) is 5.77. The van der Waals surface area contributed by atoms with E-state index in [4.69, 9.17) is 39.5 Å². The first kappa shape index (κ1) is 35.9. The number of nitrogens with zero attached hydrogens (tertiary/aromatic N) is 2. The number of methoxy groups -OCH3 is 1. The van der Waals surface area contributed by atoms with Crippen LogP contribution in [0.15, 0.2) is 66.7 Å². The molecular weight excluding hydrogens is 669 g/mol. The lowest BCUT2D eigenvalue weighted by molar-refractivity contribution is -0.141. The molecule has 4 rings (SSSR count). The molecule has 0 saturated heterocycles. The summed E-state index contributed by atoms with van der Waals surface area (Å²) in [5.74, 6) is -0.145. The normalized spacial score (nSPS) is 14.4. The van der Waals surface area contributed by atoms with Crippen LogP contribution < -0.4 is 14.4 Å². The van der Waals surface area contributed by atoms with Gasteiger partial charge in [0.2, 0.25) is 21.8 Å². The molecule has 0 radical (unpaired) electrons. The van der Waals surface area contributed by atoms with Gasteiger partial charge >= 0.3 is 0 Å². The van der Waals surface area contributed by atoms with Crippen molar-refractivity contribution < 1.29 is 22.7 Å². The summed E-state index contributed by atoms with van der Waals surface area (Å²) in [7, 11) is -2.23. The van der Waals surface area contributed by atoms with E-state index in [1.807, 2.05) is 30.3 Å². The Kier molecular flexibility index (Phi) is 13.0. The van der Waals surface area contributed by atoms with Crippen molar-refractivity contribution in [3.05, 3.63) is 92.9 Å². The summed E-state index contributed by atoms with van der Waals surface area (Å²) in [6, 6.07) is 18.6. The number of rotatable bonds is 14. The van der Waals surface area contributed by atoms with Crippen LogP contribution in [-0.2, 0) is 32.6 Å². The number of ether oxygens (including phenoxy) is 1. The minimum atomic E-state index is -3.71. The van der Waals surface area contributed by atoms with Crippen molar-refractivity contribution >= 4 is 62.3 Å². The van der Waals surface area contributed by atoms with E-state index < -0.39 is 16.1 Å². The molecule has 3 aromatic carbocycles. The van der Waals surface area contributed by atoms with Gasteiger partial charge in [0.1, 0.15) is 11.8 Å². The Hall–Kier alpha value is -2.98. The number of hydrogen-bond acceptors (Lipinski definition) is 5. The van der Waals surface area contributed by atoms with Gasteiger partial charge in [0.25, 0.3) is 0 Å². The summed E-state index contributed by atoms with van der Waals surface area (Å²) in [4.78, 5) is 29.7. The van der Waals surface area contributed by atoms with Gasteiger partial charge in [-0.15, -0.1) is 0 Å². The van der Waals surface area contributed by atoms with Crippen LogP contribution in [0.5, 0.6) is 5.75 Å². The van der Waals surface area contributed by atoms with Crippen LogP contribution in [0.2, 0.25) is 15.1 Å². The smallest absolute Gasteiger partial charge is 0.243 e. The zero-order valence-corrected chi connectivity index (χ0v) is 29.1. The zero-order valence-electron chi connectivity index (χ0n) is 26.1. The molecule has 248 valence electrons. The Labute approximate surface area is 287 Å². The summed E-state index contributed by atoms with van der Waals surface area (Å²) < 4.78 is 32.0. The molecule has 0 aliphatic heterocycles. The first-order valence-corrected chi connectivity index (χ1v) is 18.3. The monoisotopic (exact) mass is 707 g/mol. The average Bonchev–Trinajstić information content (AvgIpc) is 3.02. The molecule has 1 atom stereocenters. The van der Waals surface area contributed by atoms with Crippen molar-refractivity contribution in [2.75, 3.05) is 24.2 Å². The third-order valence-electron chi connectivity index (χ3n) is 8.19. The van der Waals surface area contributed by atoms with Gasteiger partial charge in [-0.25, -0.2) is 8.42 Å². The van der Waals surface area contributed by atoms with Crippen LogP contribution in [0, 0.1) is 0 Å². The van der Waals surface area contributed by atoms with E-state index in [9.17, 15) is 18.0 Å². The summed E-state index contributed by atoms with van der Waals surface area (Å²) >= 11 is 19.4. The highest BCUT2D eigenvalue weighted by atomic mass is 35.5. The lowest BCUT2D eigenvalue weighted by Crippen LogP contribution is -2.53. The van der Waals surface area contributed by atoms with Crippen molar-refractivity contribution in [3.63, 3.8) is 0 Å². The zero-order chi connectivity index (χ0) is 33.3. The Morgan fingerprint density at radius 3 is 2.22 bits per heavy atom. The van der Waals surface area contributed by atoms with Crippen molar-refractivity contribution in [2.45, 2.75) is 70.0 Å². The van der Waals surface area contributed by atoms with E-state index in [0.717, 1.165) is 43.9 Å². The molecule has 1 N–H and O–H groups in total. The van der Waals surface area contributed by atoms with Crippen LogP contribution >= 0.6 is 34.8 Å². The molecule has 3 aromatic rings. The van der Waals surface area contributed by atoms with Crippen LogP contribution in [0.4, 0.5) is 5.69 Å². The van der Waals surface area contributed by atoms with E-state index >= 15 is 0 Å². The Balaban J connectivity index is 1.62. The highest BCUT2D eigenvalue weighted by molar-refractivity contribution is 7.92. The number of carbonyl (C=O) groups excluding carboxylic acids is 2. The minimum Gasteiger partial charge on any atom is -0.495 e. The Bertz CT molecular complexity index is 1580. The van der Waals surface area contributed by atoms with Gasteiger partial charge < -0.3 is 15.0 Å². The molecule has 12 heteroatoms. The molecule has 1 saturated carbocycles. The summed E-state index contributed by atoms with van der Waals surface area (Å²) in [5, 5.41) is 4.25. The highest BCUT2D eigenvalue weighted by Crippen LogP contribution is 2.31. The van der Waals surface area contributed by atoms with Gasteiger partial charge in [-0.05, 0) is 55.2 Å². The van der Waals surface area contributed by atoms with E-state index in [1.54, 1.807) is 30.3 Å². The molecule has 1 fully saturated rings. The lowest BCUT2D eigenvalue weighted by Gasteiger charge is -2.34. The molecule has 0 heterocycles. The number of hydrogen-bond donors (Lipinski definition) is 1. The second-order valence-corrected chi connectivity index (χ2v) is 14.7. The largest absolute Gasteiger partial charge is 0.495 e. The topological polar surface area (TPSA) is 96.0 Å². The number of carbonyl (C=O) groups is 2. The lowest BCUT2D eigenvalue weighted by atomic mass is 9.94. The number of benzene rings is 3. The second-order valence-electron chi connectivity index (χ2n) is 11.5. The van der Waals surface area contributed by atoms with Crippen LogP contribution in [0.25, 0.3) is 0 Å². The first-order valence-electron chi connectivity index (χ1n) is 15.4. The molecule has 0 spiro atoms. The maximum atomic E-state index is 14.2. The molecular formula is C34H40Cl3N3O5S. The Morgan fingerprint density at radius 1 is 0.935 bits per heavy atom. The molecule has 0 aromatic heterocycles. The van der Waals surface area contributed by atoms with E-state index in [1.165, 1.54) is 22.4 Å². The number of halogens is 3. The number of amides is 2. The Morgan fingerprint density at radius 2 is 1.61 bits per heavy atom. The maximum absolute atomic E-state index is 14.2. The molecule has 46 heavy (non-hydrogen) atoms. The number of nitrogens with one attached hydrogen (secondary N) is 1. The van der Waals surface area contributed by atoms with Gasteiger partial charge in [0, 0.05) is 47.6 Å². The third kappa shape index (κ3) is 9.77. The molecule has 8 nitrogen and oxygen atoms in total. The van der Waals surface area contributed by atoms with Gasteiger partial charge in [-0.2, -0.15) is 0 Å². The van der Waals surface area contributed by atoms with Gasteiger partial charge in [0.15, 0.2) is 0 Å². The minimum absolute atomic E-state index is 0.0107. The summed E-state index contributed by atoms with van der Waals surface area (Å²) in [6.07, 6.45) is 6.56. The standard InChI is InChI=1S/C34H40Cl3N3O5S/c1-45-32-19-18-26(22-30(32)37)40(46(2,43)44)20-10-17-33(41)39(23-27-28(35)15-9-16-29(27)36)31(21-24-11-5-3-6-12-24)34(42)38-25-13-7-4-8-14-25/h3,5-6,9,11-12,15-16,18-19,22,25,31H,4,7-8,10,13-14,17,20-21,23H2,1-2H3,(H,38,42)/t31-/m0/s1.